The van der Waals surface area contributed by atoms with Gasteiger partial charge in [-0.15, -0.1) is 12.4 Å². The molecule has 5 nitrogen and oxygen atoms in total. The number of halogens is 1. The van der Waals surface area contributed by atoms with Gasteiger partial charge in [-0.3, -0.25) is 9.59 Å². The van der Waals surface area contributed by atoms with Crippen molar-refractivity contribution in [1.82, 2.24) is 10.6 Å². The summed E-state index contributed by atoms with van der Waals surface area (Å²) in [4.78, 5) is 22.9. The average Bonchev–Trinajstić information content (AvgIpc) is 2.44. The zero-order valence-electron chi connectivity index (χ0n) is 11.6. The lowest BCUT2D eigenvalue weighted by molar-refractivity contribution is -0.121. The SMILES string of the molecule is CNC(=O)c1cccc(CCNC(=O)CCCN)c1.Cl. The number of amides is 2. The number of carbonyl (C=O) groups is 2. The highest BCUT2D eigenvalue weighted by molar-refractivity contribution is 5.94. The second-order valence-corrected chi connectivity index (χ2v) is 4.27. The van der Waals surface area contributed by atoms with E-state index in [9.17, 15) is 9.59 Å². The van der Waals surface area contributed by atoms with E-state index in [0.717, 1.165) is 5.56 Å². The molecular formula is C14H22ClN3O2. The Bertz CT molecular complexity index is 438. The quantitative estimate of drug-likeness (QED) is 0.698. The summed E-state index contributed by atoms with van der Waals surface area (Å²) in [7, 11) is 1.60. The van der Waals surface area contributed by atoms with Crippen LogP contribution in [0.2, 0.25) is 0 Å². The van der Waals surface area contributed by atoms with E-state index in [1.165, 1.54) is 0 Å². The highest BCUT2D eigenvalue weighted by Crippen LogP contribution is 2.05. The fraction of sp³-hybridized carbons (Fsp3) is 0.429. The zero-order valence-corrected chi connectivity index (χ0v) is 12.5. The molecule has 0 atom stereocenters. The molecule has 6 heteroatoms. The highest BCUT2D eigenvalue weighted by Gasteiger charge is 2.04. The van der Waals surface area contributed by atoms with Gasteiger partial charge in [0, 0.05) is 25.6 Å². The van der Waals surface area contributed by atoms with Crippen LogP contribution in [-0.2, 0) is 11.2 Å². The molecule has 0 saturated heterocycles. The Hall–Kier alpha value is -1.59. The van der Waals surface area contributed by atoms with Crippen molar-refractivity contribution in [2.45, 2.75) is 19.3 Å². The number of hydrogen-bond acceptors (Lipinski definition) is 3. The van der Waals surface area contributed by atoms with E-state index in [2.05, 4.69) is 10.6 Å². The molecule has 2 amide bonds. The maximum Gasteiger partial charge on any atom is 0.251 e. The second-order valence-electron chi connectivity index (χ2n) is 4.27. The molecule has 0 spiro atoms. The first-order chi connectivity index (χ1) is 9.17. The molecule has 4 N–H and O–H groups in total. The van der Waals surface area contributed by atoms with E-state index >= 15 is 0 Å². The Balaban J connectivity index is 0.00000361. The summed E-state index contributed by atoms with van der Waals surface area (Å²) < 4.78 is 0. The Morgan fingerprint density at radius 1 is 1.30 bits per heavy atom. The molecule has 1 aromatic rings. The van der Waals surface area contributed by atoms with Crippen LogP contribution < -0.4 is 16.4 Å². The monoisotopic (exact) mass is 299 g/mol. The largest absolute Gasteiger partial charge is 0.356 e. The molecule has 1 rings (SSSR count). The van der Waals surface area contributed by atoms with Crippen LogP contribution >= 0.6 is 12.4 Å². The Kier molecular flexibility index (Phi) is 9.41. The topological polar surface area (TPSA) is 84.2 Å². The number of nitrogens with two attached hydrogens (primary N) is 1. The van der Waals surface area contributed by atoms with E-state index in [0.29, 0.717) is 37.9 Å². The minimum atomic E-state index is -0.103. The van der Waals surface area contributed by atoms with E-state index < -0.39 is 0 Å². The third-order valence-corrected chi connectivity index (χ3v) is 2.76. The number of benzene rings is 1. The Morgan fingerprint density at radius 2 is 2.05 bits per heavy atom. The fourth-order valence-corrected chi connectivity index (χ4v) is 1.71. The van der Waals surface area contributed by atoms with Gasteiger partial charge in [0.15, 0.2) is 0 Å². The molecule has 0 bridgehead atoms. The van der Waals surface area contributed by atoms with Gasteiger partial charge in [-0.25, -0.2) is 0 Å². The normalized spacial score (nSPS) is 9.50. The van der Waals surface area contributed by atoms with Gasteiger partial charge in [-0.05, 0) is 37.1 Å². The molecule has 20 heavy (non-hydrogen) atoms. The summed E-state index contributed by atoms with van der Waals surface area (Å²) in [5, 5.41) is 5.42. The van der Waals surface area contributed by atoms with Crippen molar-refractivity contribution >= 4 is 24.2 Å². The van der Waals surface area contributed by atoms with Crippen LogP contribution in [0.1, 0.15) is 28.8 Å². The Labute approximate surface area is 125 Å². The lowest BCUT2D eigenvalue weighted by Crippen LogP contribution is -2.26. The fourth-order valence-electron chi connectivity index (χ4n) is 1.71. The van der Waals surface area contributed by atoms with E-state index in [1.807, 2.05) is 18.2 Å². The van der Waals surface area contributed by atoms with Crippen molar-refractivity contribution in [3.8, 4) is 0 Å². The van der Waals surface area contributed by atoms with Crippen LogP contribution in [-0.4, -0.2) is 32.0 Å². The van der Waals surface area contributed by atoms with Gasteiger partial charge >= 0.3 is 0 Å². The smallest absolute Gasteiger partial charge is 0.251 e. The lowest BCUT2D eigenvalue weighted by Gasteiger charge is -2.06. The number of hydrogen-bond donors (Lipinski definition) is 3. The van der Waals surface area contributed by atoms with Crippen LogP contribution in [0.25, 0.3) is 0 Å². The van der Waals surface area contributed by atoms with E-state index in [1.54, 1.807) is 13.1 Å². The number of nitrogens with one attached hydrogen (secondary N) is 2. The standard InChI is InChI=1S/C14H21N3O2.ClH/c1-16-14(19)12-5-2-4-11(10-12)7-9-17-13(18)6-3-8-15;/h2,4-5,10H,3,6-9,15H2,1H3,(H,16,19)(H,17,18);1H. The highest BCUT2D eigenvalue weighted by atomic mass is 35.5. The predicted octanol–water partition coefficient (Wildman–Crippen LogP) is 0.866. The van der Waals surface area contributed by atoms with Crippen molar-refractivity contribution in [2.75, 3.05) is 20.1 Å². The maximum atomic E-state index is 11.5. The Morgan fingerprint density at radius 3 is 2.70 bits per heavy atom. The minimum Gasteiger partial charge on any atom is -0.356 e. The number of carbonyl (C=O) groups excluding carboxylic acids is 2. The predicted molar refractivity (Wildman–Crippen MR) is 82.1 cm³/mol. The average molecular weight is 300 g/mol. The molecule has 112 valence electrons. The van der Waals surface area contributed by atoms with Gasteiger partial charge in [0.25, 0.3) is 5.91 Å². The summed E-state index contributed by atoms with van der Waals surface area (Å²) in [6.07, 6.45) is 1.88. The molecule has 0 aliphatic heterocycles. The molecular weight excluding hydrogens is 278 g/mol. The first kappa shape index (κ1) is 18.4. The molecule has 0 radical (unpaired) electrons. The van der Waals surface area contributed by atoms with Crippen molar-refractivity contribution in [2.24, 2.45) is 5.73 Å². The second kappa shape index (κ2) is 10.2. The van der Waals surface area contributed by atoms with Crippen molar-refractivity contribution in [3.63, 3.8) is 0 Å². The van der Waals surface area contributed by atoms with Crippen molar-refractivity contribution in [3.05, 3.63) is 35.4 Å². The molecule has 0 saturated carbocycles. The van der Waals surface area contributed by atoms with Crippen LogP contribution in [0.3, 0.4) is 0 Å². The minimum absolute atomic E-state index is 0. The van der Waals surface area contributed by atoms with Crippen molar-refractivity contribution < 1.29 is 9.59 Å². The van der Waals surface area contributed by atoms with Crippen LogP contribution in [0.5, 0.6) is 0 Å². The van der Waals surface area contributed by atoms with Crippen LogP contribution in [0.15, 0.2) is 24.3 Å². The molecule has 0 heterocycles. The summed E-state index contributed by atoms with van der Waals surface area (Å²) in [6, 6.07) is 7.39. The molecule has 0 aromatic heterocycles. The maximum absolute atomic E-state index is 11.5. The van der Waals surface area contributed by atoms with Gasteiger partial charge in [0.1, 0.15) is 0 Å². The summed E-state index contributed by atoms with van der Waals surface area (Å²) in [5.41, 5.74) is 7.00. The number of rotatable bonds is 7. The third kappa shape index (κ3) is 6.54. The van der Waals surface area contributed by atoms with E-state index in [-0.39, 0.29) is 24.2 Å². The molecule has 1 aromatic carbocycles. The molecule has 0 aliphatic rings. The summed E-state index contributed by atoms with van der Waals surface area (Å²) in [5.74, 6) is -0.0817. The van der Waals surface area contributed by atoms with Gasteiger partial charge in [0.05, 0.1) is 0 Å². The van der Waals surface area contributed by atoms with Crippen molar-refractivity contribution in [1.29, 1.82) is 0 Å². The lowest BCUT2D eigenvalue weighted by atomic mass is 10.1. The first-order valence-electron chi connectivity index (χ1n) is 6.45. The first-order valence-corrected chi connectivity index (χ1v) is 6.45. The molecule has 0 fully saturated rings. The summed E-state index contributed by atoms with van der Waals surface area (Å²) in [6.45, 7) is 1.10. The zero-order chi connectivity index (χ0) is 14.1. The summed E-state index contributed by atoms with van der Waals surface area (Å²) >= 11 is 0. The van der Waals surface area contributed by atoms with Gasteiger partial charge in [-0.2, -0.15) is 0 Å². The van der Waals surface area contributed by atoms with Crippen LogP contribution in [0, 0.1) is 0 Å². The molecule has 0 unspecified atom stereocenters. The van der Waals surface area contributed by atoms with Gasteiger partial charge in [0.2, 0.25) is 5.91 Å². The molecule has 0 aliphatic carbocycles. The van der Waals surface area contributed by atoms with Gasteiger partial charge < -0.3 is 16.4 Å². The third-order valence-electron chi connectivity index (χ3n) is 2.76. The van der Waals surface area contributed by atoms with Crippen LogP contribution in [0.4, 0.5) is 0 Å². The van der Waals surface area contributed by atoms with Gasteiger partial charge in [-0.1, -0.05) is 12.1 Å². The van der Waals surface area contributed by atoms with E-state index in [4.69, 9.17) is 5.73 Å².